The van der Waals surface area contributed by atoms with Crippen LogP contribution in [-0.2, 0) is 0 Å². The molecule has 4 heteroatoms. The van der Waals surface area contributed by atoms with E-state index in [2.05, 4.69) is 4.99 Å². The van der Waals surface area contributed by atoms with E-state index >= 15 is 0 Å². The van der Waals surface area contributed by atoms with Gasteiger partial charge in [-0.2, -0.15) is 0 Å². The van der Waals surface area contributed by atoms with E-state index in [1.54, 1.807) is 19.2 Å². The van der Waals surface area contributed by atoms with Crippen LogP contribution in [-0.4, -0.2) is 24.2 Å². The number of nitrogens with two attached hydrogens (primary N) is 1. The first-order valence-electron chi connectivity index (χ1n) is 3.79. The molecule has 0 unspecified atom stereocenters. The quantitative estimate of drug-likeness (QED) is 0.427. The summed E-state index contributed by atoms with van der Waals surface area (Å²) in [6, 6.07) is 5.29. The summed E-state index contributed by atoms with van der Waals surface area (Å²) in [4.78, 5) is 4.78. The highest BCUT2D eigenvalue weighted by Crippen LogP contribution is 2.27. The number of nitrogens with zero attached hydrogens (tertiary/aromatic N) is 1. The van der Waals surface area contributed by atoms with E-state index in [0.29, 0.717) is 11.4 Å². The zero-order valence-electron chi connectivity index (χ0n) is 7.61. The summed E-state index contributed by atoms with van der Waals surface area (Å²) in [7, 11) is 1.60. The molecule has 0 radical (unpaired) electrons. The predicted molar refractivity (Wildman–Crippen MR) is 56.5 cm³/mol. The van der Waals surface area contributed by atoms with Gasteiger partial charge in [-0.25, -0.2) is 0 Å². The second-order valence-electron chi connectivity index (χ2n) is 2.46. The van der Waals surface area contributed by atoms with E-state index in [1.165, 1.54) is 11.8 Å². The Morgan fingerprint density at radius 3 is 2.77 bits per heavy atom. The van der Waals surface area contributed by atoms with Crippen molar-refractivity contribution < 1.29 is 5.11 Å². The van der Waals surface area contributed by atoms with Crippen LogP contribution in [0, 0.1) is 0 Å². The minimum Gasteiger partial charge on any atom is -0.507 e. The van der Waals surface area contributed by atoms with E-state index in [1.807, 2.05) is 12.3 Å². The number of hydrogen-bond acceptors (Lipinski definition) is 3. The third kappa shape index (κ3) is 1.95. The molecule has 0 heterocycles. The van der Waals surface area contributed by atoms with Gasteiger partial charge in [0.2, 0.25) is 0 Å². The van der Waals surface area contributed by atoms with Crippen molar-refractivity contribution in [1.29, 1.82) is 0 Å². The van der Waals surface area contributed by atoms with Gasteiger partial charge in [-0.15, -0.1) is 11.8 Å². The summed E-state index contributed by atoms with van der Waals surface area (Å²) in [6.07, 6.45) is 1.93. The second-order valence-corrected chi connectivity index (χ2v) is 3.31. The summed E-state index contributed by atoms with van der Waals surface area (Å²) in [5.74, 6) is 0.539. The fourth-order valence-corrected chi connectivity index (χ4v) is 1.69. The molecule has 0 spiro atoms. The SMILES string of the molecule is CN=C(N)c1c(O)cccc1SC. The summed E-state index contributed by atoms with van der Waals surface area (Å²) in [5.41, 5.74) is 6.27. The van der Waals surface area contributed by atoms with E-state index in [-0.39, 0.29) is 5.75 Å². The number of hydrogen-bond donors (Lipinski definition) is 2. The third-order valence-electron chi connectivity index (χ3n) is 1.72. The number of phenolic OH excluding ortho intramolecular Hbond substituents is 1. The average Bonchev–Trinajstić information content (AvgIpc) is 2.16. The molecule has 1 rings (SSSR count). The molecule has 13 heavy (non-hydrogen) atoms. The maximum atomic E-state index is 9.55. The molecule has 0 aliphatic rings. The first kappa shape index (κ1) is 9.92. The molecule has 3 nitrogen and oxygen atoms in total. The van der Waals surface area contributed by atoms with E-state index < -0.39 is 0 Å². The smallest absolute Gasteiger partial charge is 0.130 e. The highest BCUT2D eigenvalue weighted by Gasteiger charge is 2.09. The van der Waals surface area contributed by atoms with Gasteiger partial charge in [0, 0.05) is 11.9 Å². The molecule has 0 fully saturated rings. The number of aliphatic imine (C=N–C) groups is 1. The fourth-order valence-electron chi connectivity index (χ4n) is 1.06. The molecule has 0 saturated heterocycles. The minimum atomic E-state index is 0.176. The van der Waals surface area contributed by atoms with Crippen molar-refractivity contribution in [2.24, 2.45) is 10.7 Å². The monoisotopic (exact) mass is 196 g/mol. The van der Waals surface area contributed by atoms with Crippen molar-refractivity contribution in [3.8, 4) is 5.75 Å². The summed E-state index contributed by atoms with van der Waals surface area (Å²) >= 11 is 1.53. The molecular formula is C9H12N2OS. The molecule has 0 amide bonds. The Labute approximate surface area is 81.7 Å². The summed E-state index contributed by atoms with van der Waals surface area (Å²) in [6.45, 7) is 0. The van der Waals surface area contributed by atoms with Crippen LogP contribution in [0.5, 0.6) is 5.75 Å². The molecule has 0 aliphatic heterocycles. The lowest BCUT2D eigenvalue weighted by molar-refractivity contribution is 0.472. The van der Waals surface area contributed by atoms with E-state index in [9.17, 15) is 5.11 Å². The normalized spacial score (nSPS) is 11.7. The lowest BCUT2D eigenvalue weighted by Crippen LogP contribution is -2.14. The van der Waals surface area contributed by atoms with Gasteiger partial charge in [-0.05, 0) is 18.4 Å². The average molecular weight is 196 g/mol. The molecule has 1 aromatic carbocycles. The Bertz CT molecular complexity index is 336. The Hall–Kier alpha value is -1.16. The van der Waals surface area contributed by atoms with E-state index in [4.69, 9.17) is 5.73 Å². The zero-order valence-corrected chi connectivity index (χ0v) is 8.43. The van der Waals surface area contributed by atoms with Gasteiger partial charge in [0.15, 0.2) is 0 Å². The van der Waals surface area contributed by atoms with Crippen molar-refractivity contribution in [2.45, 2.75) is 4.90 Å². The Morgan fingerprint density at radius 2 is 2.23 bits per heavy atom. The summed E-state index contributed by atoms with van der Waals surface area (Å²) in [5, 5.41) is 9.55. The van der Waals surface area contributed by atoms with Crippen molar-refractivity contribution in [3.05, 3.63) is 23.8 Å². The van der Waals surface area contributed by atoms with Gasteiger partial charge in [0.05, 0.1) is 5.56 Å². The molecule has 70 valence electrons. The van der Waals surface area contributed by atoms with Gasteiger partial charge < -0.3 is 10.8 Å². The molecule has 1 aromatic rings. The number of aromatic hydroxyl groups is 1. The van der Waals surface area contributed by atoms with Gasteiger partial charge in [-0.3, -0.25) is 4.99 Å². The van der Waals surface area contributed by atoms with Crippen LogP contribution in [0.25, 0.3) is 0 Å². The Morgan fingerprint density at radius 1 is 1.54 bits per heavy atom. The highest BCUT2D eigenvalue weighted by atomic mass is 32.2. The van der Waals surface area contributed by atoms with Gasteiger partial charge >= 0.3 is 0 Å². The number of amidine groups is 1. The van der Waals surface area contributed by atoms with Crippen molar-refractivity contribution in [3.63, 3.8) is 0 Å². The highest BCUT2D eigenvalue weighted by molar-refractivity contribution is 7.98. The Balaban J connectivity index is 3.31. The first-order valence-corrected chi connectivity index (χ1v) is 5.01. The lowest BCUT2D eigenvalue weighted by atomic mass is 10.2. The van der Waals surface area contributed by atoms with Crippen LogP contribution in [0.3, 0.4) is 0 Å². The van der Waals surface area contributed by atoms with Crippen LogP contribution < -0.4 is 5.73 Å². The van der Waals surface area contributed by atoms with Crippen LogP contribution in [0.15, 0.2) is 28.1 Å². The van der Waals surface area contributed by atoms with Crippen molar-refractivity contribution in [1.82, 2.24) is 0 Å². The van der Waals surface area contributed by atoms with Crippen molar-refractivity contribution >= 4 is 17.6 Å². The van der Waals surface area contributed by atoms with Crippen LogP contribution >= 0.6 is 11.8 Å². The number of thioether (sulfide) groups is 1. The van der Waals surface area contributed by atoms with Gasteiger partial charge in [0.1, 0.15) is 11.6 Å². The minimum absolute atomic E-state index is 0.176. The number of phenols is 1. The molecule has 0 aliphatic carbocycles. The second kappa shape index (κ2) is 4.18. The Kier molecular flexibility index (Phi) is 3.19. The molecule has 0 bridgehead atoms. The standard InChI is InChI=1S/C9H12N2OS/c1-11-9(10)8-6(12)4-3-5-7(8)13-2/h3-5,12H,1-2H3,(H2,10,11). The first-order chi connectivity index (χ1) is 6.20. The molecule has 0 aromatic heterocycles. The zero-order chi connectivity index (χ0) is 9.84. The van der Waals surface area contributed by atoms with Crippen LogP contribution in [0.1, 0.15) is 5.56 Å². The van der Waals surface area contributed by atoms with Crippen LogP contribution in [0.4, 0.5) is 0 Å². The third-order valence-corrected chi connectivity index (χ3v) is 2.50. The predicted octanol–water partition coefficient (Wildman–Crippen LogP) is 1.45. The number of benzene rings is 1. The maximum Gasteiger partial charge on any atom is 0.130 e. The van der Waals surface area contributed by atoms with Crippen molar-refractivity contribution in [2.75, 3.05) is 13.3 Å². The largest absolute Gasteiger partial charge is 0.507 e. The lowest BCUT2D eigenvalue weighted by Gasteiger charge is -2.07. The summed E-state index contributed by atoms with van der Waals surface area (Å²) < 4.78 is 0. The fraction of sp³-hybridized carbons (Fsp3) is 0.222. The van der Waals surface area contributed by atoms with Gasteiger partial charge in [0.25, 0.3) is 0 Å². The molecule has 3 N–H and O–H groups in total. The molecule has 0 saturated carbocycles. The molecular weight excluding hydrogens is 184 g/mol. The topological polar surface area (TPSA) is 58.6 Å². The van der Waals surface area contributed by atoms with Gasteiger partial charge in [-0.1, -0.05) is 6.07 Å². The maximum absolute atomic E-state index is 9.55. The molecule has 0 atom stereocenters. The van der Waals surface area contributed by atoms with E-state index in [0.717, 1.165) is 4.90 Å². The number of rotatable bonds is 2. The van der Waals surface area contributed by atoms with Crippen LogP contribution in [0.2, 0.25) is 0 Å².